The van der Waals surface area contributed by atoms with Gasteiger partial charge in [-0.3, -0.25) is 9.69 Å². The topological polar surface area (TPSA) is 69.6 Å². The van der Waals surface area contributed by atoms with Crippen molar-refractivity contribution in [3.8, 4) is 0 Å². The van der Waals surface area contributed by atoms with E-state index in [0.717, 1.165) is 38.0 Å². The van der Waals surface area contributed by atoms with Gasteiger partial charge in [0.15, 0.2) is 0 Å². The molecule has 0 aromatic heterocycles. The molecule has 1 saturated heterocycles. The lowest BCUT2D eigenvalue weighted by Gasteiger charge is -2.32. The molecule has 142 valence electrons. The molecule has 5 nitrogen and oxygen atoms in total. The van der Waals surface area contributed by atoms with Crippen LogP contribution in [0.15, 0.2) is 54.6 Å². The number of carboxylic acids is 1. The highest BCUT2D eigenvalue weighted by molar-refractivity contribution is 5.87. The molecule has 1 aliphatic heterocycles. The monoisotopic (exact) mass is 366 g/mol. The second-order valence-corrected chi connectivity index (χ2v) is 7.22. The average Bonchev–Trinajstić information content (AvgIpc) is 2.69. The number of amides is 1. The number of nitrogens with zero attached hydrogens (tertiary/aromatic N) is 1. The Morgan fingerprint density at radius 2 is 1.85 bits per heavy atom. The molecular formula is C22H26N2O3. The summed E-state index contributed by atoms with van der Waals surface area (Å²) in [6.45, 7) is 4.59. The van der Waals surface area contributed by atoms with E-state index in [2.05, 4.69) is 22.3 Å². The predicted molar refractivity (Wildman–Crippen MR) is 104 cm³/mol. The zero-order valence-electron chi connectivity index (χ0n) is 15.6. The Labute approximate surface area is 160 Å². The van der Waals surface area contributed by atoms with Crippen molar-refractivity contribution in [2.45, 2.75) is 32.4 Å². The lowest BCUT2D eigenvalue weighted by atomic mass is 9.95. The van der Waals surface area contributed by atoms with Crippen LogP contribution in [-0.2, 0) is 11.3 Å². The van der Waals surface area contributed by atoms with Gasteiger partial charge in [0.25, 0.3) is 0 Å². The van der Waals surface area contributed by atoms with Crippen molar-refractivity contribution in [1.29, 1.82) is 0 Å². The maximum atomic E-state index is 12.7. The minimum absolute atomic E-state index is 0.0109. The van der Waals surface area contributed by atoms with Crippen molar-refractivity contribution in [2.24, 2.45) is 5.92 Å². The fourth-order valence-corrected chi connectivity index (χ4v) is 3.58. The van der Waals surface area contributed by atoms with Gasteiger partial charge in [0, 0.05) is 13.1 Å². The first-order valence-corrected chi connectivity index (χ1v) is 9.43. The van der Waals surface area contributed by atoms with Crippen LogP contribution in [0.1, 0.15) is 47.3 Å². The largest absolute Gasteiger partial charge is 0.478 e. The van der Waals surface area contributed by atoms with Crippen LogP contribution in [0.4, 0.5) is 0 Å². The molecule has 27 heavy (non-hydrogen) atoms. The molecule has 5 heteroatoms. The molecule has 3 rings (SSSR count). The molecule has 0 saturated carbocycles. The molecule has 1 heterocycles. The maximum Gasteiger partial charge on any atom is 0.335 e. The molecule has 0 spiro atoms. The number of carbonyl (C=O) groups is 2. The standard InChI is InChI=1S/C22H26N2O3/c1-16(18-9-11-19(12-10-18)22(26)27)23-21(25)20-8-5-13-24(15-20)14-17-6-3-2-4-7-17/h2-4,6-7,9-12,16,20H,5,8,13-15H2,1H3,(H,23,25)(H,26,27)/t16-,20?/m1/s1. The highest BCUT2D eigenvalue weighted by Gasteiger charge is 2.26. The number of carboxylic acid groups (broad SMARTS) is 1. The molecule has 1 unspecified atom stereocenters. The van der Waals surface area contributed by atoms with Crippen LogP contribution in [-0.4, -0.2) is 35.0 Å². The second-order valence-electron chi connectivity index (χ2n) is 7.22. The Bertz CT molecular complexity index is 774. The first-order chi connectivity index (χ1) is 13.0. The molecule has 1 amide bonds. The average molecular weight is 366 g/mol. The Morgan fingerprint density at radius 1 is 1.15 bits per heavy atom. The number of likely N-dealkylation sites (tertiary alicyclic amines) is 1. The molecule has 1 aliphatic rings. The van der Waals surface area contributed by atoms with E-state index in [1.807, 2.05) is 25.1 Å². The molecule has 2 atom stereocenters. The van der Waals surface area contributed by atoms with E-state index in [1.165, 1.54) is 5.56 Å². The van der Waals surface area contributed by atoms with Gasteiger partial charge in [-0.2, -0.15) is 0 Å². The fourth-order valence-electron chi connectivity index (χ4n) is 3.58. The number of hydrogen-bond acceptors (Lipinski definition) is 3. The lowest BCUT2D eigenvalue weighted by molar-refractivity contribution is -0.127. The number of carbonyl (C=O) groups excluding carboxylic acids is 1. The third-order valence-corrected chi connectivity index (χ3v) is 5.14. The van der Waals surface area contributed by atoms with Crippen LogP contribution in [0.25, 0.3) is 0 Å². The van der Waals surface area contributed by atoms with Crippen molar-refractivity contribution < 1.29 is 14.7 Å². The van der Waals surface area contributed by atoms with Crippen molar-refractivity contribution in [1.82, 2.24) is 10.2 Å². The number of benzene rings is 2. The van der Waals surface area contributed by atoms with E-state index in [1.54, 1.807) is 24.3 Å². The molecule has 0 radical (unpaired) electrons. The normalized spacial score (nSPS) is 18.6. The third kappa shape index (κ3) is 5.17. The van der Waals surface area contributed by atoms with Gasteiger partial charge in [-0.05, 0) is 49.6 Å². The smallest absolute Gasteiger partial charge is 0.335 e. The molecule has 2 aromatic rings. The van der Waals surface area contributed by atoms with Gasteiger partial charge in [-0.1, -0.05) is 42.5 Å². The maximum absolute atomic E-state index is 12.7. The Hall–Kier alpha value is -2.66. The van der Waals surface area contributed by atoms with Gasteiger partial charge >= 0.3 is 5.97 Å². The van der Waals surface area contributed by atoms with Crippen LogP contribution in [0.5, 0.6) is 0 Å². The van der Waals surface area contributed by atoms with Crippen LogP contribution >= 0.6 is 0 Å². The quantitative estimate of drug-likeness (QED) is 0.821. The Morgan fingerprint density at radius 3 is 2.52 bits per heavy atom. The summed E-state index contributed by atoms with van der Waals surface area (Å²) in [5, 5.41) is 12.1. The highest BCUT2D eigenvalue weighted by Crippen LogP contribution is 2.21. The van der Waals surface area contributed by atoms with Crippen LogP contribution in [0.2, 0.25) is 0 Å². The summed E-state index contributed by atoms with van der Waals surface area (Å²) in [5.74, 6) is -0.885. The first-order valence-electron chi connectivity index (χ1n) is 9.43. The van der Waals surface area contributed by atoms with E-state index in [0.29, 0.717) is 0 Å². The number of rotatable bonds is 6. The molecule has 0 bridgehead atoms. The Balaban J connectivity index is 1.55. The van der Waals surface area contributed by atoms with Gasteiger partial charge in [0.05, 0.1) is 17.5 Å². The summed E-state index contributed by atoms with van der Waals surface area (Å²) in [6.07, 6.45) is 1.93. The summed E-state index contributed by atoms with van der Waals surface area (Å²) in [6, 6.07) is 16.9. The van der Waals surface area contributed by atoms with E-state index in [9.17, 15) is 9.59 Å². The number of hydrogen-bond donors (Lipinski definition) is 2. The summed E-state index contributed by atoms with van der Waals surface area (Å²) in [7, 11) is 0. The molecule has 1 fully saturated rings. The second kappa shape index (κ2) is 8.82. The predicted octanol–water partition coefficient (Wildman–Crippen LogP) is 3.47. The molecule has 2 N–H and O–H groups in total. The molecule has 2 aromatic carbocycles. The van der Waals surface area contributed by atoms with Crippen molar-refractivity contribution in [3.63, 3.8) is 0 Å². The van der Waals surface area contributed by atoms with Crippen LogP contribution < -0.4 is 5.32 Å². The minimum atomic E-state index is -0.945. The van der Waals surface area contributed by atoms with Crippen molar-refractivity contribution in [2.75, 3.05) is 13.1 Å². The van der Waals surface area contributed by atoms with Gasteiger partial charge in [-0.15, -0.1) is 0 Å². The van der Waals surface area contributed by atoms with Gasteiger partial charge < -0.3 is 10.4 Å². The van der Waals surface area contributed by atoms with Crippen molar-refractivity contribution >= 4 is 11.9 Å². The Kier molecular flexibility index (Phi) is 6.24. The van der Waals surface area contributed by atoms with E-state index >= 15 is 0 Å². The van der Waals surface area contributed by atoms with Gasteiger partial charge in [0.1, 0.15) is 0 Å². The van der Waals surface area contributed by atoms with Crippen LogP contribution in [0.3, 0.4) is 0 Å². The number of nitrogens with one attached hydrogen (secondary N) is 1. The summed E-state index contributed by atoms with van der Waals surface area (Å²) < 4.78 is 0. The van der Waals surface area contributed by atoms with E-state index in [-0.39, 0.29) is 23.4 Å². The third-order valence-electron chi connectivity index (χ3n) is 5.14. The van der Waals surface area contributed by atoms with Crippen LogP contribution in [0, 0.1) is 5.92 Å². The summed E-state index contributed by atoms with van der Waals surface area (Å²) in [4.78, 5) is 26.0. The first kappa shape index (κ1) is 19.1. The molecular weight excluding hydrogens is 340 g/mol. The SMILES string of the molecule is C[C@@H](NC(=O)C1CCCN(Cc2ccccc2)C1)c1ccc(C(=O)O)cc1. The van der Waals surface area contributed by atoms with Crippen molar-refractivity contribution in [3.05, 3.63) is 71.3 Å². The highest BCUT2D eigenvalue weighted by atomic mass is 16.4. The molecule has 0 aliphatic carbocycles. The van der Waals surface area contributed by atoms with E-state index < -0.39 is 5.97 Å². The fraction of sp³-hybridized carbons (Fsp3) is 0.364. The lowest BCUT2D eigenvalue weighted by Crippen LogP contribution is -2.43. The number of aromatic carboxylic acids is 1. The summed E-state index contributed by atoms with van der Waals surface area (Å²) in [5.41, 5.74) is 2.43. The minimum Gasteiger partial charge on any atom is -0.478 e. The van der Waals surface area contributed by atoms with Gasteiger partial charge in [-0.25, -0.2) is 4.79 Å². The van der Waals surface area contributed by atoms with Gasteiger partial charge in [0.2, 0.25) is 5.91 Å². The van der Waals surface area contributed by atoms with E-state index in [4.69, 9.17) is 5.11 Å². The zero-order valence-corrected chi connectivity index (χ0v) is 15.6. The number of piperidine rings is 1. The zero-order chi connectivity index (χ0) is 19.2. The summed E-state index contributed by atoms with van der Waals surface area (Å²) >= 11 is 0.